The van der Waals surface area contributed by atoms with E-state index in [0.29, 0.717) is 29.0 Å². The zero-order valence-electron chi connectivity index (χ0n) is 37.0. The Morgan fingerprint density at radius 2 is 1.45 bits per heavy atom. The number of anilines is 1. The first kappa shape index (κ1) is 47.7. The number of esters is 4. The lowest BCUT2D eigenvalue weighted by atomic mass is 9.77. The highest BCUT2D eigenvalue weighted by atomic mass is 28.4. The number of halogens is 1. The van der Waals surface area contributed by atoms with Crippen molar-refractivity contribution in [2.75, 3.05) is 11.5 Å². The van der Waals surface area contributed by atoms with Crippen LogP contribution in [0, 0.1) is 18.7 Å². The number of aryl methyl sites for hydroxylation is 1. The second-order valence-electron chi connectivity index (χ2n) is 17.4. The molecule has 2 aliphatic rings. The summed E-state index contributed by atoms with van der Waals surface area (Å²) < 4.78 is 49.1. The number of benzene rings is 3. The normalized spacial score (nSPS) is 23.3. The molecule has 0 aliphatic carbocycles. The summed E-state index contributed by atoms with van der Waals surface area (Å²) in [6.45, 7) is 16.9. The van der Waals surface area contributed by atoms with Crippen LogP contribution in [0.2, 0.25) is 18.1 Å². The third-order valence-electron chi connectivity index (χ3n) is 11.6. The molecule has 2 fully saturated rings. The van der Waals surface area contributed by atoms with E-state index in [-0.39, 0.29) is 24.0 Å². The van der Waals surface area contributed by atoms with Crippen molar-refractivity contribution >= 4 is 49.9 Å². The van der Waals surface area contributed by atoms with Crippen LogP contribution in [0.3, 0.4) is 0 Å². The molecule has 334 valence electrons. The maximum atomic E-state index is 14.1. The highest BCUT2D eigenvalue weighted by Gasteiger charge is 2.52. The number of aliphatic hydroxyl groups excluding tert-OH is 1. The molecule has 0 spiro atoms. The van der Waals surface area contributed by atoms with Gasteiger partial charge < -0.3 is 38.1 Å². The number of ether oxygens (including phenoxy) is 5. The molecular formula is C47H58FNO12Si. The third kappa shape index (κ3) is 11.5. The maximum absolute atomic E-state index is 14.1. The summed E-state index contributed by atoms with van der Waals surface area (Å²) in [4.78, 5) is 64.8. The van der Waals surface area contributed by atoms with Crippen LogP contribution in [-0.2, 0) is 47.7 Å². The van der Waals surface area contributed by atoms with Gasteiger partial charge in [-0.15, -0.1) is 0 Å². The van der Waals surface area contributed by atoms with Crippen molar-refractivity contribution in [2.45, 2.75) is 129 Å². The smallest absolute Gasteiger partial charge is 0.303 e. The minimum Gasteiger partial charge on any atom is -0.543 e. The van der Waals surface area contributed by atoms with Crippen LogP contribution in [0.25, 0.3) is 6.08 Å². The average molecular weight is 876 g/mol. The Morgan fingerprint density at radius 3 is 2.03 bits per heavy atom. The van der Waals surface area contributed by atoms with Crippen LogP contribution < -0.4 is 9.33 Å². The summed E-state index contributed by atoms with van der Waals surface area (Å²) in [7, 11) is -2.54. The molecule has 2 saturated heterocycles. The number of hydrogen-bond donors (Lipinski definition) is 1. The molecule has 8 atom stereocenters. The molecule has 3 aromatic carbocycles. The van der Waals surface area contributed by atoms with Gasteiger partial charge in [0.1, 0.15) is 30.4 Å². The highest BCUT2D eigenvalue weighted by molar-refractivity contribution is 6.74. The quantitative estimate of drug-likeness (QED) is 0.0681. The molecule has 3 aromatic rings. The maximum Gasteiger partial charge on any atom is 0.303 e. The molecule has 0 aromatic heterocycles. The van der Waals surface area contributed by atoms with Crippen molar-refractivity contribution < 1.29 is 61.6 Å². The number of β-lactam (4-membered cyclic amide) rings is 1. The summed E-state index contributed by atoms with van der Waals surface area (Å²) >= 11 is 0. The van der Waals surface area contributed by atoms with Gasteiger partial charge in [-0.1, -0.05) is 74.9 Å². The van der Waals surface area contributed by atoms with Gasteiger partial charge in [0.2, 0.25) is 14.2 Å². The first-order valence-corrected chi connectivity index (χ1v) is 23.6. The van der Waals surface area contributed by atoms with E-state index in [9.17, 15) is 33.5 Å². The molecule has 0 radical (unpaired) electrons. The van der Waals surface area contributed by atoms with Crippen molar-refractivity contribution in [3.05, 3.63) is 101 Å². The van der Waals surface area contributed by atoms with Crippen molar-refractivity contribution in [3.8, 4) is 5.75 Å². The topological polar surface area (TPSA) is 164 Å². The fourth-order valence-electron chi connectivity index (χ4n) is 7.41. The van der Waals surface area contributed by atoms with Crippen molar-refractivity contribution in [1.29, 1.82) is 0 Å². The highest BCUT2D eigenvalue weighted by Crippen LogP contribution is 2.50. The van der Waals surface area contributed by atoms with Crippen molar-refractivity contribution in [1.82, 2.24) is 0 Å². The first-order valence-electron chi connectivity index (χ1n) is 20.7. The Morgan fingerprint density at radius 1 is 0.855 bits per heavy atom. The van der Waals surface area contributed by atoms with Gasteiger partial charge in [0, 0.05) is 38.9 Å². The number of carbonyl (C=O) groups is 5. The Labute approximate surface area is 363 Å². The molecular weight excluding hydrogens is 818 g/mol. The van der Waals surface area contributed by atoms with Gasteiger partial charge in [-0.25, -0.2) is 4.39 Å². The standard InChI is InChI=1S/C47H58FNO12Si/c1-27-11-19-35(20-12-27)49-42(37(46(49)55)22-23-38(54)33-15-17-34(48)18-16-33)36-21-13-32(25-40(36)61-62(9,10)47(6,7)8)14-24-39-43(57-29(3)51)45(59-31(5)53)44(58-30(4)52)41(60-39)26-56-28(2)50/h11-21,24-25,37-39,41-45,54H,22-23,26H2,1-10H3/b24-14+/t37-,38+,39+,41?,42-,43-,44-,45?/m1/s1. The van der Waals surface area contributed by atoms with E-state index < -0.39 is 86.6 Å². The Bertz CT molecular complexity index is 2130. The molecule has 1 amide bonds. The third-order valence-corrected chi connectivity index (χ3v) is 15.9. The van der Waals surface area contributed by atoms with Gasteiger partial charge >= 0.3 is 23.9 Å². The lowest BCUT2D eigenvalue weighted by molar-refractivity contribution is -0.244. The Balaban J connectivity index is 1.58. The van der Waals surface area contributed by atoms with Crippen LogP contribution in [-0.4, -0.2) is 80.3 Å². The van der Waals surface area contributed by atoms with Crippen LogP contribution in [0.15, 0.2) is 72.8 Å². The molecule has 2 aliphatic heterocycles. The number of amides is 1. The second kappa shape index (κ2) is 19.8. The summed E-state index contributed by atoms with van der Waals surface area (Å²) in [5.41, 5.74) is 3.71. The summed E-state index contributed by atoms with van der Waals surface area (Å²) in [6.07, 6.45) is -3.06. The molecule has 13 nitrogen and oxygen atoms in total. The van der Waals surface area contributed by atoms with E-state index in [1.165, 1.54) is 38.1 Å². The van der Waals surface area contributed by atoms with Crippen LogP contribution in [0.1, 0.15) is 95.7 Å². The molecule has 62 heavy (non-hydrogen) atoms. The molecule has 15 heteroatoms. The summed E-state index contributed by atoms with van der Waals surface area (Å²) in [6, 6.07) is 18.5. The number of carbonyl (C=O) groups excluding carboxylic acids is 5. The average Bonchev–Trinajstić information content (AvgIpc) is 3.17. The summed E-state index contributed by atoms with van der Waals surface area (Å²) in [5, 5.41) is 10.9. The van der Waals surface area contributed by atoms with E-state index >= 15 is 0 Å². The molecule has 2 heterocycles. The van der Waals surface area contributed by atoms with E-state index in [0.717, 1.165) is 25.0 Å². The predicted octanol–water partition coefficient (Wildman–Crippen LogP) is 7.87. The molecule has 2 unspecified atom stereocenters. The molecule has 0 bridgehead atoms. The molecule has 1 N–H and O–H groups in total. The van der Waals surface area contributed by atoms with Crippen LogP contribution >= 0.6 is 0 Å². The van der Waals surface area contributed by atoms with E-state index in [4.69, 9.17) is 28.1 Å². The number of aliphatic hydroxyl groups is 1. The minimum absolute atomic E-state index is 0.101. The van der Waals surface area contributed by atoms with Crippen molar-refractivity contribution in [3.63, 3.8) is 0 Å². The Hall–Kier alpha value is -5.38. The van der Waals surface area contributed by atoms with Gasteiger partial charge in [0.15, 0.2) is 18.3 Å². The fraction of sp³-hybridized carbons (Fsp3) is 0.468. The fourth-order valence-corrected chi connectivity index (χ4v) is 8.44. The lowest BCUT2D eigenvalue weighted by Gasteiger charge is -2.49. The first-order chi connectivity index (χ1) is 29.1. The van der Waals surface area contributed by atoms with Gasteiger partial charge in [-0.2, -0.15) is 0 Å². The van der Waals surface area contributed by atoms with E-state index in [1.807, 2.05) is 49.4 Å². The zero-order chi connectivity index (χ0) is 45.7. The van der Waals surface area contributed by atoms with Crippen LogP contribution in [0.5, 0.6) is 5.75 Å². The summed E-state index contributed by atoms with van der Waals surface area (Å²) in [5.74, 6) is -3.27. The Kier molecular flexibility index (Phi) is 15.2. The van der Waals surface area contributed by atoms with Gasteiger partial charge in [0.05, 0.1) is 18.1 Å². The van der Waals surface area contributed by atoms with E-state index in [2.05, 4.69) is 33.9 Å². The zero-order valence-corrected chi connectivity index (χ0v) is 38.0. The SMILES string of the molecule is CC(=O)OCC1O[C@@H](/C=C/c2ccc([C@@H]3[C@@H](CC[C@H](O)c4ccc(F)cc4)C(=O)N3c3ccc(C)cc3)c(O[Si](C)(C)C(C)(C)C)c2)[C@@H](OC(C)=O)C(OC(C)=O)[C@@H]1OC(C)=O. The largest absolute Gasteiger partial charge is 0.543 e. The minimum atomic E-state index is -2.54. The second-order valence-corrected chi connectivity index (χ2v) is 22.1. The number of nitrogens with zero attached hydrogens (tertiary/aromatic N) is 1. The molecule has 0 saturated carbocycles. The lowest BCUT2D eigenvalue weighted by Crippen LogP contribution is -2.61. The predicted molar refractivity (Wildman–Crippen MR) is 231 cm³/mol. The van der Waals surface area contributed by atoms with Gasteiger partial charge in [-0.3, -0.25) is 24.0 Å². The van der Waals surface area contributed by atoms with Crippen molar-refractivity contribution in [2.24, 2.45) is 5.92 Å². The van der Waals surface area contributed by atoms with Gasteiger partial charge in [0.25, 0.3) is 0 Å². The monoisotopic (exact) mass is 875 g/mol. The van der Waals surface area contributed by atoms with Crippen LogP contribution in [0.4, 0.5) is 10.1 Å². The molecule has 5 rings (SSSR count). The number of rotatable bonds is 15. The number of hydrogen-bond acceptors (Lipinski definition) is 12. The van der Waals surface area contributed by atoms with E-state index in [1.54, 1.807) is 17.1 Å². The van der Waals surface area contributed by atoms with Gasteiger partial charge in [-0.05, 0) is 79.4 Å².